The minimum atomic E-state index is 0. The molecule has 0 aromatic heterocycles. The molecule has 1 aromatic carbocycles. The first-order valence-corrected chi connectivity index (χ1v) is 3.79. The maximum absolute atomic E-state index is 3.32. The third-order valence-electron chi connectivity index (χ3n) is 0.804. The van der Waals surface area contributed by atoms with Gasteiger partial charge in [0.1, 0.15) is 0 Å². The summed E-state index contributed by atoms with van der Waals surface area (Å²) >= 11 is 6.65. The molecule has 3 heteroatoms. The quantitative estimate of drug-likeness (QED) is 0.577. The molecule has 0 unspecified atom stereocenters. The van der Waals surface area contributed by atoms with Gasteiger partial charge in [-0.2, -0.15) is 0 Å². The van der Waals surface area contributed by atoms with Crippen molar-refractivity contribution in [3.05, 3.63) is 33.2 Å². The van der Waals surface area contributed by atoms with Gasteiger partial charge in [0.15, 0.2) is 0 Å². The molecule has 0 spiro atoms. The van der Waals surface area contributed by atoms with E-state index in [1.54, 1.807) is 0 Å². The van der Waals surface area contributed by atoms with Gasteiger partial charge in [-0.1, -0.05) is 31.9 Å². The monoisotopic (exact) mass is 242 g/mol. The third-order valence-corrected chi connectivity index (χ3v) is 1.86. The molecular weight excluding hydrogens is 239 g/mol. The molecule has 0 bridgehead atoms. The van der Waals surface area contributed by atoms with Crippen molar-refractivity contribution >= 4 is 31.9 Å². The molecule has 0 aliphatic carbocycles. The normalized spacial score (nSPS) is 8.22. The Kier molecular flexibility index (Phi) is 4.97. The van der Waals surface area contributed by atoms with Gasteiger partial charge in [-0.05, 0) is 24.3 Å². The Morgan fingerprint density at radius 3 is 1.33 bits per heavy atom. The zero-order chi connectivity index (χ0) is 5.98. The van der Waals surface area contributed by atoms with Crippen LogP contribution in [-0.2, 0) is 0 Å². The molecule has 0 aliphatic rings. The topological polar surface area (TPSA) is 0 Å². The van der Waals surface area contributed by atoms with E-state index < -0.39 is 0 Å². The second-order valence-electron chi connectivity index (χ2n) is 1.44. The molecule has 0 atom stereocenters. The molecule has 0 saturated heterocycles. The molecule has 44 valence electrons. The fourth-order valence-electron chi connectivity index (χ4n) is 0.430. The Morgan fingerprint density at radius 1 is 0.889 bits per heavy atom. The van der Waals surface area contributed by atoms with Crippen molar-refractivity contribution in [3.8, 4) is 0 Å². The average molecular weight is 244 g/mol. The van der Waals surface area contributed by atoms with Gasteiger partial charge >= 0.3 is 18.9 Å². The van der Waals surface area contributed by atoms with Crippen LogP contribution in [-0.4, -0.2) is 0 Å². The standard InChI is InChI=1S/C6H4Br2.Li.H/c7-5-1-2-6(8)4-3-5;;/h1-4H;;/q;+1;-1. The molecule has 0 nitrogen and oxygen atoms in total. The van der Waals surface area contributed by atoms with Crippen molar-refractivity contribution in [3.63, 3.8) is 0 Å². The molecule has 0 radical (unpaired) electrons. The van der Waals surface area contributed by atoms with Gasteiger partial charge in [-0.3, -0.25) is 0 Å². The summed E-state index contributed by atoms with van der Waals surface area (Å²) in [7, 11) is 0. The number of benzene rings is 1. The summed E-state index contributed by atoms with van der Waals surface area (Å²) in [5, 5.41) is 0. The fourth-order valence-corrected chi connectivity index (χ4v) is 0.958. The molecule has 9 heavy (non-hydrogen) atoms. The molecular formula is C6H5Br2Li. The summed E-state index contributed by atoms with van der Waals surface area (Å²) < 4.78 is 2.22. The summed E-state index contributed by atoms with van der Waals surface area (Å²) in [6, 6.07) is 7.96. The SMILES string of the molecule is Brc1ccc(Br)cc1.[H-].[Li+]. The van der Waals surface area contributed by atoms with Gasteiger partial charge in [0.05, 0.1) is 0 Å². The van der Waals surface area contributed by atoms with Gasteiger partial charge < -0.3 is 1.43 Å². The van der Waals surface area contributed by atoms with Gasteiger partial charge in [0.25, 0.3) is 0 Å². The predicted molar refractivity (Wildman–Crippen MR) is 43.0 cm³/mol. The summed E-state index contributed by atoms with van der Waals surface area (Å²) in [5.74, 6) is 0. The maximum Gasteiger partial charge on any atom is 1.00 e. The van der Waals surface area contributed by atoms with E-state index in [1.807, 2.05) is 24.3 Å². The third kappa shape index (κ3) is 3.47. The Balaban J connectivity index is 0. The van der Waals surface area contributed by atoms with Gasteiger partial charge in [-0.15, -0.1) is 0 Å². The Hall–Kier alpha value is 0.777. The second kappa shape index (κ2) is 4.57. The van der Waals surface area contributed by atoms with E-state index in [4.69, 9.17) is 0 Å². The molecule has 0 heterocycles. The van der Waals surface area contributed by atoms with E-state index in [9.17, 15) is 0 Å². The van der Waals surface area contributed by atoms with Crippen molar-refractivity contribution in [2.24, 2.45) is 0 Å². The van der Waals surface area contributed by atoms with E-state index in [-0.39, 0.29) is 20.3 Å². The van der Waals surface area contributed by atoms with E-state index in [1.165, 1.54) is 0 Å². The molecule has 1 aromatic rings. The molecule has 0 amide bonds. The summed E-state index contributed by atoms with van der Waals surface area (Å²) in [5.41, 5.74) is 0. The van der Waals surface area contributed by atoms with E-state index in [0.717, 1.165) is 8.95 Å². The van der Waals surface area contributed by atoms with Crippen LogP contribution in [0.1, 0.15) is 1.43 Å². The molecule has 0 fully saturated rings. The van der Waals surface area contributed by atoms with Crippen LogP contribution in [0.25, 0.3) is 0 Å². The summed E-state index contributed by atoms with van der Waals surface area (Å²) in [6.45, 7) is 0. The van der Waals surface area contributed by atoms with Crippen molar-refractivity contribution < 1.29 is 20.3 Å². The Morgan fingerprint density at radius 2 is 1.11 bits per heavy atom. The largest absolute Gasteiger partial charge is 1.00 e. The van der Waals surface area contributed by atoms with Crippen LogP contribution in [0.2, 0.25) is 0 Å². The molecule has 0 aliphatic heterocycles. The average Bonchev–Trinajstić information content (AvgIpc) is 1.77. The minimum absolute atomic E-state index is 0. The van der Waals surface area contributed by atoms with Gasteiger partial charge in [0, 0.05) is 8.95 Å². The number of rotatable bonds is 0. The van der Waals surface area contributed by atoms with Crippen molar-refractivity contribution in [2.75, 3.05) is 0 Å². The van der Waals surface area contributed by atoms with E-state index >= 15 is 0 Å². The summed E-state index contributed by atoms with van der Waals surface area (Å²) in [4.78, 5) is 0. The van der Waals surface area contributed by atoms with Crippen molar-refractivity contribution in [1.29, 1.82) is 0 Å². The molecule has 0 saturated carbocycles. The van der Waals surface area contributed by atoms with Gasteiger partial charge in [0.2, 0.25) is 0 Å². The van der Waals surface area contributed by atoms with E-state index in [0.29, 0.717) is 0 Å². The first-order valence-electron chi connectivity index (χ1n) is 2.20. The fraction of sp³-hybridized carbons (Fsp3) is 0. The zero-order valence-corrected chi connectivity index (χ0v) is 8.24. The number of hydrogen-bond donors (Lipinski definition) is 0. The van der Waals surface area contributed by atoms with Crippen LogP contribution in [0.15, 0.2) is 33.2 Å². The second-order valence-corrected chi connectivity index (χ2v) is 3.27. The predicted octanol–water partition coefficient (Wildman–Crippen LogP) is 0.328. The van der Waals surface area contributed by atoms with Crippen molar-refractivity contribution in [2.45, 2.75) is 0 Å². The van der Waals surface area contributed by atoms with Crippen LogP contribution < -0.4 is 18.9 Å². The smallest absolute Gasteiger partial charge is 1.00 e. The zero-order valence-electron chi connectivity index (χ0n) is 6.07. The summed E-state index contributed by atoms with van der Waals surface area (Å²) in [6.07, 6.45) is 0. The first-order chi connectivity index (χ1) is 3.79. The number of halogens is 2. The van der Waals surface area contributed by atoms with Gasteiger partial charge in [-0.25, -0.2) is 0 Å². The van der Waals surface area contributed by atoms with Crippen LogP contribution in [0, 0.1) is 0 Å². The Labute approximate surface area is 84.9 Å². The van der Waals surface area contributed by atoms with Crippen LogP contribution in [0.3, 0.4) is 0 Å². The van der Waals surface area contributed by atoms with E-state index in [2.05, 4.69) is 31.9 Å². The minimum Gasteiger partial charge on any atom is -1.00 e. The maximum atomic E-state index is 3.32. The van der Waals surface area contributed by atoms with Crippen LogP contribution in [0.5, 0.6) is 0 Å². The van der Waals surface area contributed by atoms with Crippen LogP contribution in [0.4, 0.5) is 0 Å². The molecule has 1 rings (SSSR count). The molecule has 0 N–H and O–H groups in total. The van der Waals surface area contributed by atoms with Crippen molar-refractivity contribution in [1.82, 2.24) is 0 Å². The van der Waals surface area contributed by atoms with Crippen LogP contribution >= 0.6 is 31.9 Å². The first kappa shape index (κ1) is 9.78. The number of hydrogen-bond acceptors (Lipinski definition) is 0. The Bertz CT molecular complexity index is 155.